The maximum atomic E-state index is 13.6. The third-order valence-corrected chi connectivity index (χ3v) is 6.37. The van der Waals surface area contributed by atoms with Gasteiger partial charge in [-0.2, -0.15) is 5.26 Å². The number of ether oxygens (including phenoxy) is 1. The first-order valence-electron chi connectivity index (χ1n) is 10.1. The highest BCUT2D eigenvalue weighted by atomic mass is 32.1. The van der Waals surface area contributed by atoms with Crippen LogP contribution in [0.25, 0.3) is 17.5 Å². The zero-order valence-electron chi connectivity index (χ0n) is 18.2. The molecule has 2 aromatic heterocycles. The zero-order chi connectivity index (χ0) is 24.4. The molecule has 0 bridgehead atoms. The van der Waals surface area contributed by atoms with Crippen LogP contribution in [-0.4, -0.2) is 28.5 Å². The van der Waals surface area contributed by atoms with Gasteiger partial charge in [0.2, 0.25) is 0 Å². The summed E-state index contributed by atoms with van der Waals surface area (Å²) >= 11 is 0.923. The van der Waals surface area contributed by atoms with Crippen LogP contribution < -0.4 is 25.8 Å². The van der Waals surface area contributed by atoms with Gasteiger partial charge in [-0.25, -0.2) is 4.79 Å². The van der Waals surface area contributed by atoms with Gasteiger partial charge in [-0.3, -0.25) is 19.1 Å². The zero-order valence-corrected chi connectivity index (χ0v) is 19.1. The number of carbonyl (C=O) groups is 2. The van der Waals surface area contributed by atoms with Crippen LogP contribution >= 0.6 is 11.3 Å². The number of nitrogens with two attached hydrogens (primary N) is 1. The summed E-state index contributed by atoms with van der Waals surface area (Å²) in [4.78, 5) is 42.7. The van der Waals surface area contributed by atoms with Crippen molar-refractivity contribution in [2.45, 2.75) is 12.8 Å². The van der Waals surface area contributed by atoms with Gasteiger partial charge in [0.15, 0.2) is 0 Å². The minimum atomic E-state index is -0.868. The van der Waals surface area contributed by atoms with E-state index in [0.29, 0.717) is 11.3 Å². The number of methoxy groups -OCH3 is 1. The van der Waals surface area contributed by atoms with E-state index in [1.165, 1.54) is 13.3 Å². The maximum absolute atomic E-state index is 13.6. The Labute approximate surface area is 197 Å². The number of thiazole rings is 1. The molecular formula is C24H19N5O4S. The molecule has 3 aromatic rings. The van der Waals surface area contributed by atoms with Gasteiger partial charge in [0, 0.05) is 24.2 Å². The Morgan fingerprint density at radius 2 is 2.12 bits per heavy atom. The fourth-order valence-corrected chi connectivity index (χ4v) is 4.87. The molecule has 0 radical (unpaired) electrons. The monoisotopic (exact) mass is 473 g/mol. The molecule has 0 spiro atoms. The number of esters is 1. The molecule has 0 aliphatic carbocycles. The molecule has 1 amide bonds. The molecule has 4 rings (SSSR count). The number of carbonyl (C=O) groups excluding carboxylic acids is 2. The molecule has 0 saturated carbocycles. The number of anilines is 1. The molecule has 0 fully saturated rings. The molecule has 1 aliphatic heterocycles. The number of hydrogen-bond acceptors (Lipinski definition) is 8. The number of allylic oxidation sites excluding steroid dienone is 1. The number of nitriles is 1. The molecule has 170 valence electrons. The molecule has 0 saturated heterocycles. The van der Waals surface area contributed by atoms with Gasteiger partial charge >= 0.3 is 5.97 Å². The smallest absolute Gasteiger partial charge is 0.332 e. The number of pyridine rings is 1. The lowest BCUT2D eigenvalue weighted by molar-refractivity contribution is -0.133. The van der Waals surface area contributed by atoms with Crippen LogP contribution in [0.15, 0.2) is 59.2 Å². The number of benzene rings is 1. The Bertz CT molecular complexity index is 1560. The van der Waals surface area contributed by atoms with Crippen LogP contribution in [0, 0.1) is 18.3 Å². The van der Waals surface area contributed by atoms with E-state index in [-0.39, 0.29) is 26.2 Å². The van der Waals surface area contributed by atoms with E-state index in [9.17, 15) is 19.6 Å². The fourth-order valence-electron chi connectivity index (χ4n) is 3.73. The normalized spacial score (nSPS) is 15.5. The topological polar surface area (TPSA) is 140 Å². The highest BCUT2D eigenvalue weighted by Crippen LogP contribution is 2.36. The second-order valence-corrected chi connectivity index (χ2v) is 8.48. The average molecular weight is 474 g/mol. The number of rotatable bonds is 4. The summed E-state index contributed by atoms with van der Waals surface area (Å²) in [6, 6.07) is 12.7. The van der Waals surface area contributed by atoms with Crippen molar-refractivity contribution in [3.63, 3.8) is 0 Å². The minimum Gasteiger partial charge on any atom is -0.466 e. The lowest BCUT2D eigenvalue weighted by Crippen LogP contribution is -2.40. The van der Waals surface area contributed by atoms with Gasteiger partial charge in [0.1, 0.15) is 15.0 Å². The van der Waals surface area contributed by atoms with Crippen LogP contribution in [0.5, 0.6) is 0 Å². The van der Waals surface area contributed by atoms with E-state index in [1.807, 2.05) is 13.0 Å². The van der Waals surface area contributed by atoms with Gasteiger partial charge in [-0.15, -0.1) is 11.3 Å². The van der Waals surface area contributed by atoms with Crippen molar-refractivity contribution in [3.05, 3.63) is 85.0 Å². The van der Waals surface area contributed by atoms with Crippen molar-refractivity contribution in [3.8, 4) is 6.07 Å². The fraction of sp³-hybridized carbons (Fsp3) is 0.125. The summed E-state index contributed by atoms with van der Waals surface area (Å²) in [5, 5.41) is 12.8. The number of amides is 1. The minimum absolute atomic E-state index is 0.0229. The maximum Gasteiger partial charge on any atom is 0.332 e. The molecule has 9 nitrogen and oxygen atoms in total. The summed E-state index contributed by atoms with van der Waals surface area (Å²) in [5.74, 6) is -2.22. The average Bonchev–Trinajstić information content (AvgIpc) is 3.15. The standard InChI is InChI=1S/C24H19N5O4S/c1-13-5-3-7-15(9-13)28-22(31)20-19(14-6-4-8-27-12-14)16(11-25)21(26)29-23(32)17(34-24(20)29)10-18(30)33-2/h3-10,12,19H,26H2,1-2H3,(H,28,31). The Kier molecular flexibility index (Phi) is 6.12. The molecular weight excluding hydrogens is 454 g/mol. The first kappa shape index (κ1) is 22.7. The van der Waals surface area contributed by atoms with Crippen LogP contribution in [0.3, 0.4) is 0 Å². The van der Waals surface area contributed by atoms with E-state index in [0.717, 1.165) is 27.5 Å². The predicted octanol–water partition coefficient (Wildman–Crippen LogP) is 0.804. The Morgan fingerprint density at radius 1 is 1.32 bits per heavy atom. The van der Waals surface area contributed by atoms with Gasteiger partial charge in [0.25, 0.3) is 11.5 Å². The summed E-state index contributed by atoms with van der Waals surface area (Å²) in [6.07, 6.45) is 4.15. The second-order valence-electron chi connectivity index (χ2n) is 7.45. The van der Waals surface area contributed by atoms with E-state index in [2.05, 4.69) is 21.1 Å². The molecule has 34 heavy (non-hydrogen) atoms. The quantitative estimate of drug-likeness (QED) is 0.534. The molecule has 10 heteroatoms. The summed E-state index contributed by atoms with van der Waals surface area (Å²) < 4.78 is 5.97. The van der Waals surface area contributed by atoms with Crippen LogP contribution in [0.1, 0.15) is 17.0 Å². The van der Waals surface area contributed by atoms with Gasteiger partial charge in [0.05, 0.1) is 30.2 Å². The van der Waals surface area contributed by atoms with Gasteiger partial charge < -0.3 is 15.8 Å². The Hall–Kier alpha value is -4.49. The van der Waals surface area contributed by atoms with Crippen LogP contribution in [0.4, 0.5) is 5.69 Å². The number of aryl methyl sites for hydroxylation is 1. The second kappa shape index (κ2) is 9.17. The number of aromatic nitrogens is 2. The number of fused-ring (bicyclic) bond motifs is 1. The van der Waals surface area contributed by atoms with E-state index in [4.69, 9.17) is 5.73 Å². The number of hydrogen-bond donors (Lipinski definition) is 2. The van der Waals surface area contributed by atoms with E-state index in [1.54, 1.807) is 36.5 Å². The highest BCUT2D eigenvalue weighted by Gasteiger charge is 2.35. The summed E-state index contributed by atoms with van der Waals surface area (Å²) in [6.45, 7) is 1.89. The van der Waals surface area contributed by atoms with Crippen LogP contribution in [0.2, 0.25) is 0 Å². The highest BCUT2D eigenvalue weighted by molar-refractivity contribution is 7.07. The largest absolute Gasteiger partial charge is 0.466 e. The molecule has 1 atom stereocenters. The Morgan fingerprint density at radius 3 is 2.76 bits per heavy atom. The Balaban J connectivity index is 2.05. The molecule has 3 N–H and O–H groups in total. The van der Waals surface area contributed by atoms with Crippen molar-refractivity contribution < 1.29 is 14.3 Å². The summed E-state index contributed by atoms with van der Waals surface area (Å²) in [7, 11) is 1.19. The lowest BCUT2D eigenvalue weighted by Gasteiger charge is -2.25. The molecule has 1 unspecified atom stereocenters. The number of nitrogens with zero attached hydrogens (tertiary/aromatic N) is 3. The third-order valence-electron chi connectivity index (χ3n) is 5.26. The van der Waals surface area contributed by atoms with Gasteiger partial charge in [-0.1, -0.05) is 18.2 Å². The summed E-state index contributed by atoms with van der Waals surface area (Å²) in [5.41, 5.74) is 7.87. The number of nitrogens with one attached hydrogen (secondary N) is 1. The molecule has 3 heterocycles. The lowest BCUT2D eigenvalue weighted by atomic mass is 9.84. The first-order chi connectivity index (χ1) is 16.3. The van der Waals surface area contributed by atoms with Crippen molar-refractivity contribution in [1.82, 2.24) is 9.55 Å². The predicted molar refractivity (Wildman–Crippen MR) is 128 cm³/mol. The third kappa shape index (κ3) is 4.00. The van der Waals surface area contributed by atoms with Crippen molar-refractivity contribution in [2.24, 2.45) is 5.73 Å². The van der Waals surface area contributed by atoms with E-state index < -0.39 is 23.4 Å². The molecule has 1 aliphatic rings. The van der Waals surface area contributed by atoms with Crippen molar-refractivity contribution >= 4 is 46.4 Å². The van der Waals surface area contributed by atoms with Crippen molar-refractivity contribution in [1.29, 1.82) is 5.26 Å². The van der Waals surface area contributed by atoms with Crippen molar-refractivity contribution in [2.75, 3.05) is 12.4 Å². The van der Waals surface area contributed by atoms with E-state index >= 15 is 0 Å². The first-order valence-corrected chi connectivity index (χ1v) is 10.9. The van der Waals surface area contributed by atoms with Crippen LogP contribution in [-0.2, 0) is 14.3 Å². The molecule has 1 aromatic carbocycles. The SMILES string of the molecule is COC(=O)C=c1sc2n(c1=O)C(N)=C(C#N)C(c1cccnc1)C=2C(=O)Nc1cccc(C)c1. The van der Waals surface area contributed by atoms with Gasteiger partial charge in [-0.05, 0) is 36.2 Å².